The van der Waals surface area contributed by atoms with Crippen LogP contribution in [0.2, 0.25) is 5.02 Å². The lowest BCUT2D eigenvalue weighted by Crippen LogP contribution is -2.16. The monoisotopic (exact) mass is 1640 g/mol. The molecule has 119 heavy (non-hydrogen) atoms. The molecule has 0 saturated heterocycles. The van der Waals surface area contributed by atoms with E-state index in [2.05, 4.69) is 41.7 Å². The number of carboxylic acids is 4. The Labute approximate surface area is 693 Å². The standard InChI is InChI=1S/C21H22O4.C19H19NO5.C19H21NO3.C18H18ClNO3.C17H16FNO4/c1-14(23)18-7-3-4-8-19(18)21(25)13-17-10-9-16(6-5-11-22)12-20(17)15(2)24;1-12(22)17-11-14(9-8-13(17)5-4-10-21)20-18(23)15-6-2-3-7-16(15)19(24)25;1-3-4-7-14-10-11-15(12-13(14)2)20-18(21)16-8-5-6-9-17(16)19(22)23;1-2-3-6-12-9-10-13(11-16(12)19)20-17(21)14-7-4-5-8-15(14)18(22)23;18-15-10-12(8-7-11(15)4-3-9-20)19-16(21)13-5-1-2-6-14(13)17(22)23/h3-4,7-10,12,22-23H,1,5-6,11,13H2,2H3;2-3,6-9,11,21H,4-5,10H2,1H3,(H,20,23)(H,24,25);5-6,8-12H,3-4,7H2,1-2H3,(H,20,21)(H,22,23);4-5,7-11H,2-3,6H2,1H3,(H,20,21)(H,22,23);1-2,5-8,10,20H,3-4,9H2,(H,19,21)(H,22,23). The Morgan fingerprint density at radius 2 is 0.664 bits per heavy atom. The number of benzene rings is 10. The number of halogens is 2. The van der Waals surface area contributed by atoms with Crippen LogP contribution in [0, 0.1) is 12.7 Å². The summed E-state index contributed by atoms with van der Waals surface area (Å²) >= 11 is 6.23. The van der Waals surface area contributed by atoms with E-state index in [0.717, 1.165) is 60.8 Å². The predicted octanol–water partition coefficient (Wildman–Crippen LogP) is 18.2. The molecular weight excluding hydrogens is 1540 g/mol. The summed E-state index contributed by atoms with van der Waals surface area (Å²) in [7, 11) is 0. The van der Waals surface area contributed by atoms with Gasteiger partial charge in [-0.1, -0.05) is 154 Å². The number of unbranched alkanes of at least 4 members (excludes halogenated alkanes) is 2. The van der Waals surface area contributed by atoms with Crippen molar-refractivity contribution in [2.45, 2.75) is 118 Å². The van der Waals surface area contributed by atoms with Gasteiger partial charge in [-0.2, -0.15) is 0 Å². The zero-order chi connectivity index (χ0) is 87.3. The number of ketones is 3. The first-order valence-electron chi connectivity index (χ1n) is 38.3. The van der Waals surface area contributed by atoms with Crippen molar-refractivity contribution in [1.29, 1.82) is 0 Å². The molecule has 25 heteroatoms. The Morgan fingerprint density at radius 1 is 0.345 bits per heavy atom. The van der Waals surface area contributed by atoms with Crippen molar-refractivity contribution in [3.05, 3.63) is 335 Å². The van der Waals surface area contributed by atoms with Crippen molar-refractivity contribution in [3.63, 3.8) is 0 Å². The molecule has 620 valence electrons. The quantitative estimate of drug-likeness (QED) is 0.0134. The van der Waals surface area contributed by atoms with E-state index in [9.17, 15) is 67.3 Å². The fourth-order valence-electron chi connectivity index (χ4n) is 12.2. The number of aliphatic hydroxyl groups excluding tert-OH is 4. The van der Waals surface area contributed by atoms with Crippen LogP contribution in [0.1, 0.15) is 231 Å². The summed E-state index contributed by atoms with van der Waals surface area (Å²) in [6, 6.07) is 56.5. The van der Waals surface area contributed by atoms with E-state index >= 15 is 0 Å². The lowest BCUT2D eigenvalue weighted by molar-refractivity contribution is 0.0683. The van der Waals surface area contributed by atoms with E-state index in [-0.39, 0.29) is 99.5 Å². The van der Waals surface area contributed by atoms with E-state index in [1.165, 1.54) is 92.2 Å². The molecule has 0 atom stereocenters. The molecule has 0 fully saturated rings. The summed E-state index contributed by atoms with van der Waals surface area (Å²) in [5, 5.41) is 84.0. The van der Waals surface area contributed by atoms with Crippen molar-refractivity contribution in [3.8, 4) is 0 Å². The van der Waals surface area contributed by atoms with Crippen LogP contribution < -0.4 is 21.3 Å². The number of hydrogen-bond acceptors (Lipinski definition) is 15. The fraction of sp³-hybridized carbons (Fsp3) is 0.223. The number of Topliss-reactive ketones (excluding diaryl/α,β-unsaturated/α-hetero) is 3. The molecule has 10 aromatic carbocycles. The lowest BCUT2D eigenvalue weighted by Gasteiger charge is -2.11. The zero-order valence-electron chi connectivity index (χ0n) is 66.6. The van der Waals surface area contributed by atoms with Gasteiger partial charge in [-0.05, 0) is 227 Å². The van der Waals surface area contributed by atoms with E-state index in [1.807, 2.05) is 37.3 Å². The molecule has 0 aliphatic rings. The van der Waals surface area contributed by atoms with Gasteiger partial charge in [0.15, 0.2) is 17.3 Å². The highest BCUT2D eigenvalue weighted by molar-refractivity contribution is 6.31. The maximum absolute atomic E-state index is 13.9. The molecule has 23 nitrogen and oxygen atoms in total. The third-order valence-electron chi connectivity index (χ3n) is 18.5. The Kier molecular flexibility index (Phi) is 38.3. The average Bonchev–Trinajstić information content (AvgIpc) is 0.828. The van der Waals surface area contributed by atoms with Crippen molar-refractivity contribution in [1.82, 2.24) is 0 Å². The minimum atomic E-state index is -1.21. The molecule has 0 unspecified atom stereocenters. The number of rotatable bonds is 33. The Hall–Kier alpha value is -13.4. The molecule has 4 amide bonds. The summed E-state index contributed by atoms with van der Waals surface area (Å²) in [4.78, 5) is 130. The van der Waals surface area contributed by atoms with Crippen molar-refractivity contribution >= 4 is 105 Å². The number of carbonyl (C=O) groups is 11. The maximum atomic E-state index is 13.9. The van der Waals surface area contributed by atoms with Crippen LogP contribution in [0.4, 0.5) is 27.1 Å². The predicted molar refractivity (Wildman–Crippen MR) is 457 cm³/mol. The molecule has 0 spiro atoms. The molecule has 10 rings (SSSR count). The van der Waals surface area contributed by atoms with Crippen molar-refractivity contribution < 1.29 is 98.0 Å². The van der Waals surface area contributed by atoms with E-state index < -0.39 is 53.3 Å². The molecule has 0 heterocycles. The molecule has 0 aromatic heterocycles. The third kappa shape index (κ3) is 29.1. The molecule has 0 radical (unpaired) electrons. The van der Waals surface area contributed by atoms with Crippen LogP contribution in [0.15, 0.2) is 219 Å². The first kappa shape index (κ1) is 94.5. The van der Waals surface area contributed by atoms with Gasteiger partial charge in [0, 0.05) is 76.3 Å². The first-order chi connectivity index (χ1) is 56.9. The number of anilines is 4. The zero-order valence-corrected chi connectivity index (χ0v) is 67.3. The van der Waals surface area contributed by atoms with E-state index in [4.69, 9.17) is 42.2 Å². The molecule has 0 aliphatic heterocycles. The minimum Gasteiger partial charge on any atom is -0.508 e. The molecular formula is C94H96ClFN4O19. The number of carbonyl (C=O) groups excluding carboxylic acids is 7. The first-order valence-corrected chi connectivity index (χ1v) is 38.6. The lowest BCUT2D eigenvalue weighted by atomic mass is 9.92. The maximum Gasteiger partial charge on any atom is 0.336 e. The van der Waals surface area contributed by atoms with Crippen LogP contribution in [-0.4, -0.2) is 126 Å². The molecule has 12 N–H and O–H groups in total. The highest BCUT2D eigenvalue weighted by Gasteiger charge is 2.23. The summed E-state index contributed by atoms with van der Waals surface area (Å²) in [6.45, 7) is 12.8. The average molecular weight is 1640 g/mol. The van der Waals surface area contributed by atoms with Gasteiger partial charge in [-0.25, -0.2) is 23.6 Å². The number of aliphatic hydroxyl groups is 4. The third-order valence-corrected chi connectivity index (χ3v) is 18.8. The van der Waals surface area contributed by atoms with Gasteiger partial charge in [0.25, 0.3) is 23.6 Å². The summed E-state index contributed by atoms with van der Waals surface area (Å²) in [5.74, 6) is -7.77. The van der Waals surface area contributed by atoms with Crippen LogP contribution in [0.25, 0.3) is 5.76 Å². The number of hydrogen-bond donors (Lipinski definition) is 12. The summed E-state index contributed by atoms with van der Waals surface area (Å²) in [6.07, 6.45) is 9.66. The molecule has 10 aromatic rings. The van der Waals surface area contributed by atoms with Crippen molar-refractivity contribution in [2.24, 2.45) is 0 Å². The molecule has 0 saturated carbocycles. The van der Waals surface area contributed by atoms with Gasteiger partial charge in [-0.3, -0.25) is 33.6 Å². The molecule has 0 bridgehead atoms. The molecule has 0 aliphatic carbocycles. The van der Waals surface area contributed by atoms with Crippen LogP contribution in [-0.2, 0) is 38.5 Å². The minimum absolute atomic E-state index is 0.00119. The number of carboxylic acid groups (broad SMARTS) is 4. The summed E-state index contributed by atoms with van der Waals surface area (Å²) < 4.78 is 13.9. The second-order valence-corrected chi connectivity index (χ2v) is 27.6. The van der Waals surface area contributed by atoms with Gasteiger partial charge >= 0.3 is 23.9 Å². The second kappa shape index (κ2) is 48.2. The normalized spacial score (nSPS) is 10.4. The number of nitrogens with one attached hydrogen (secondary N) is 4. The highest BCUT2D eigenvalue weighted by atomic mass is 35.5. The fourth-order valence-corrected chi connectivity index (χ4v) is 12.5. The van der Waals surface area contributed by atoms with Crippen LogP contribution >= 0.6 is 11.6 Å². The van der Waals surface area contributed by atoms with Crippen molar-refractivity contribution in [2.75, 3.05) is 41.1 Å². The van der Waals surface area contributed by atoms with Gasteiger partial charge in [0.05, 0.1) is 44.5 Å². The topological polar surface area (TPSA) is 398 Å². The largest absolute Gasteiger partial charge is 0.508 e. The number of aryl methyl sites for hydroxylation is 6. The SMILES string of the molecule is C=C(O)c1ccccc1C(=O)Cc1ccc(CCCO)cc1C(C)=O.CC(=O)c1cc(NC(=O)c2ccccc2C(=O)O)ccc1CCCO.CCCCc1ccc(NC(=O)c2ccccc2C(=O)O)cc1C.CCCCc1ccc(NC(=O)c2ccccc2C(=O)O)cc1Cl.O=C(O)c1ccccc1C(=O)Nc1ccc(CCCO)c(F)c1. The van der Waals surface area contributed by atoms with Crippen LogP contribution in [0.3, 0.4) is 0 Å². The smallest absolute Gasteiger partial charge is 0.336 e. The van der Waals surface area contributed by atoms with Gasteiger partial charge in [-0.15, -0.1) is 0 Å². The van der Waals surface area contributed by atoms with E-state index in [1.54, 1.807) is 109 Å². The number of aromatic carboxylic acids is 4. The number of amides is 4. The highest BCUT2D eigenvalue weighted by Crippen LogP contribution is 2.28. The Balaban J connectivity index is 0.000000231. The Morgan fingerprint density at radius 3 is 1.04 bits per heavy atom. The van der Waals surface area contributed by atoms with Crippen LogP contribution in [0.5, 0.6) is 0 Å². The van der Waals surface area contributed by atoms with Gasteiger partial charge in [0.1, 0.15) is 11.6 Å². The Bertz CT molecular complexity index is 5010. The van der Waals surface area contributed by atoms with Gasteiger partial charge in [0.2, 0.25) is 0 Å². The van der Waals surface area contributed by atoms with Gasteiger partial charge < -0.3 is 62.1 Å². The van der Waals surface area contributed by atoms with E-state index in [0.29, 0.717) is 94.0 Å². The summed E-state index contributed by atoms with van der Waals surface area (Å²) in [5.41, 5.74) is 10.0. The second-order valence-electron chi connectivity index (χ2n) is 27.2.